The number of fused-ring (bicyclic) bond motifs is 1. The van der Waals surface area contributed by atoms with Crippen LogP contribution in [-0.2, 0) is 12.8 Å². The minimum atomic E-state index is 0.428. The highest BCUT2D eigenvalue weighted by atomic mass is 14.9. The number of benzene rings is 1. The molecule has 0 aromatic heterocycles. The van der Waals surface area contributed by atoms with Gasteiger partial charge in [-0.15, -0.1) is 0 Å². The molecule has 88 valence electrons. The van der Waals surface area contributed by atoms with Crippen molar-refractivity contribution >= 4 is 0 Å². The summed E-state index contributed by atoms with van der Waals surface area (Å²) in [5, 5.41) is 6.60. The van der Waals surface area contributed by atoms with Crippen molar-refractivity contribution in [2.24, 2.45) is 0 Å². The van der Waals surface area contributed by atoms with E-state index in [-0.39, 0.29) is 0 Å². The van der Waals surface area contributed by atoms with Crippen LogP contribution < -0.4 is 10.6 Å². The SMILES string of the molecule is CNCC(NC)c1ccc2c(c1)CCCC2. The Balaban J connectivity index is 2.21. The summed E-state index contributed by atoms with van der Waals surface area (Å²) in [6.07, 6.45) is 5.25. The summed E-state index contributed by atoms with van der Waals surface area (Å²) in [6.45, 7) is 0.981. The number of nitrogens with one attached hydrogen (secondary N) is 2. The maximum atomic E-state index is 3.36. The van der Waals surface area contributed by atoms with E-state index in [0.29, 0.717) is 6.04 Å². The average Bonchev–Trinajstić information content (AvgIpc) is 2.35. The van der Waals surface area contributed by atoms with Gasteiger partial charge in [0.05, 0.1) is 0 Å². The maximum Gasteiger partial charge on any atom is 0.0444 e. The first-order chi connectivity index (χ1) is 7.85. The fraction of sp³-hybridized carbons (Fsp3) is 0.571. The number of hydrogen-bond acceptors (Lipinski definition) is 2. The van der Waals surface area contributed by atoms with Crippen LogP contribution in [0.4, 0.5) is 0 Å². The highest BCUT2D eigenvalue weighted by molar-refractivity contribution is 5.35. The average molecular weight is 218 g/mol. The van der Waals surface area contributed by atoms with Crippen molar-refractivity contribution in [3.05, 3.63) is 34.9 Å². The third-order valence-electron chi connectivity index (χ3n) is 3.53. The molecule has 0 aliphatic heterocycles. The third kappa shape index (κ3) is 2.45. The van der Waals surface area contributed by atoms with Gasteiger partial charge < -0.3 is 10.6 Å². The molecule has 1 aromatic carbocycles. The predicted octanol–water partition coefficient (Wildman–Crippen LogP) is 2.05. The van der Waals surface area contributed by atoms with Crippen molar-refractivity contribution in [1.82, 2.24) is 10.6 Å². The molecule has 0 heterocycles. The fourth-order valence-electron chi connectivity index (χ4n) is 2.56. The van der Waals surface area contributed by atoms with Gasteiger partial charge in [0.25, 0.3) is 0 Å². The molecule has 2 N–H and O–H groups in total. The summed E-state index contributed by atoms with van der Waals surface area (Å²) in [5.41, 5.74) is 4.55. The molecule has 2 nitrogen and oxygen atoms in total. The highest BCUT2D eigenvalue weighted by Crippen LogP contribution is 2.24. The lowest BCUT2D eigenvalue weighted by molar-refractivity contribution is 0.556. The molecule has 2 heteroatoms. The van der Waals surface area contributed by atoms with E-state index in [2.05, 4.69) is 28.8 Å². The molecule has 1 unspecified atom stereocenters. The van der Waals surface area contributed by atoms with Crippen LogP contribution in [0.2, 0.25) is 0 Å². The summed E-state index contributed by atoms with van der Waals surface area (Å²) in [6, 6.07) is 7.43. The minimum Gasteiger partial charge on any atom is -0.318 e. The molecule has 0 fully saturated rings. The first kappa shape index (κ1) is 11.6. The van der Waals surface area contributed by atoms with E-state index in [0.717, 1.165) is 6.54 Å². The molecule has 0 amide bonds. The minimum absolute atomic E-state index is 0.428. The Morgan fingerprint density at radius 3 is 2.56 bits per heavy atom. The van der Waals surface area contributed by atoms with Crippen molar-refractivity contribution in [3.8, 4) is 0 Å². The predicted molar refractivity (Wildman–Crippen MR) is 68.8 cm³/mol. The van der Waals surface area contributed by atoms with Gasteiger partial charge in [0.15, 0.2) is 0 Å². The van der Waals surface area contributed by atoms with Gasteiger partial charge >= 0.3 is 0 Å². The molecule has 16 heavy (non-hydrogen) atoms. The topological polar surface area (TPSA) is 24.1 Å². The van der Waals surface area contributed by atoms with E-state index in [9.17, 15) is 0 Å². The Labute approximate surface area is 98.4 Å². The van der Waals surface area contributed by atoms with Crippen LogP contribution >= 0.6 is 0 Å². The van der Waals surface area contributed by atoms with Gasteiger partial charge in [0.1, 0.15) is 0 Å². The zero-order valence-electron chi connectivity index (χ0n) is 10.3. The lowest BCUT2D eigenvalue weighted by Gasteiger charge is -2.21. The van der Waals surface area contributed by atoms with Gasteiger partial charge in [-0.3, -0.25) is 0 Å². The number of rotatable bonds is 4. The lowest BCUT2D eigenvalue weighted by Crippen LogP contribution is -2.27. The summed E-state index contributed by atoms with van der Waals surface area (Å²) < 4.78 is 0. The summed E-state index contributed by atoms with van der Waals surface area (Å²) in [7, 11) is 4.03. The summed E-state index contributed by atoms with van der Waals surface area (Å²) in [5.74, 6) is 0. The Morgan fingerprint density at radius 2 is 1.88 bits per heavy atom. The standard InChI is InChI=1S/C14H22N2/c1-15-10-14(16-2)13-8-7-11-5-3-4-6-12(11)9-13/h7-9,14-16H,3-6,10H2,1-2H3. The Morgan fingerprint density at radius 1 is 1.12 bits per heavy atom. The smallest absolute Gasteiger partial charge is 0.0444 e. The van der Waals surface area contributed by atoms with Crippen molar-refractivity contribution in [1.29, 1.82) is 0 Å². The van der Waals surface area contributed by atoms with Gasteiger partial charge in [-0.2, -0.15) is 0 Å². The molecular weight excluding hydrogens is 196 g/mol. The molecule has 1 aliphatic carbocycles. The maximum absolute atomic E-state index is 3.36. The summed E-state index contributed by atoms with van der Waals surface area (Å²) in [4.78, 5) is 0. The van der Waals surface area contributed by atoms with Gasteiger partial charge in [-0.05, 0) is 56.5 Å². The normalized spacial score (nSPS) is 16.9. The van der Waals surface area contributed by atoms with E-state index >= 15 is 0 Å². The van der Waals surface area contributed by atoms with Crippen LogP contribution in [-0.4, -0.2) is 20.6 Å². The van der Waals surface area contributed by atoms with Crippen LogP contribution in [0.1, 0.15) is 35.6 Å². The van der Waals surface area contributed by atoms with Gasteiger partial charge in [-0.25, -0.2) is 0 Å². The van der Waals surface area contributed by atoms with E-state index < -0.39 is 0 Å². The lowest BCUT2D eigenvalue weighted by atomic mass is 9.89. The first-order valence-corrected chi connectivity index (χ1v) is 6.28. The zero-order chi connectivity index (χ0) is 11.4. The number of aryl methyl sites for hydroxylation is 2. The van der Waals surface area contributed by atoms with Crippen LogP contribution in [0.5, 0.6) is 0 Å². The Hall–Kier alpha value is -0.860. The molecule has 0 spiro atoms. The third-order valence-corrected chi connectivity index (χ3v) is 3.53. The molecule has 2 rings (SSSR count). The molecule has 0 saturated carbocycles. The second-order valence-corrected chi connectivity index (χ2v) is 4.63. The van der Waals surface area contributed by atoms with E-state index in [1.807, 2.05) is 14.1 Å². The van der Waals surface area contributed by atoms with Crippen LogP contribution in [0, 0.1) is 0 Å². The molecular formula is C14H22N2. The fourth-order valence-corrected chi connectivity index (χ4v) is 2.56. The van der Waals surface area contributed by atoms with Crippen LogP contribution in [0.25, 0.3) is 0 Å². The monoisotopic (exact) mass is 218 g/mol. The first-order valence-electron chi connectivity index (χ1n) is 6.28. The molecule has 0 saturated heterocycles. The summed E-state index contributed by atoms with van der Waals surface area (Å²) >= 11 is 0. The van der Waals surface area contributed by atoms with Crippen molar-refractivity contribution < 1.29 is 0 Å². The molecule has 0 radical (unpaired) electrons. The molecule has 0 bridgehead atoms. The number of hydrogen-bond donors (Lipinski definition) is 2. The van der Waals surface area contributed by atoms with E-state index in [1.54, 1.807) is 11.1 Å². The van der Waals surface area contributed by atoms with Crippen molar-refractivity contribution in [3.63, 3.8) is 0 Å². The zero-order valence-corrected chi connectivity index (χ0v) is 10.3. The second kappa shape index (κ2) is 5.46. The molecule has 1 aliphatic rings. The van der Waals surface area contributed by atoms with Crippen molar-refractivity contribution in [2.75, 3.05) is 20.6 Å². The number of likely N-dealkylation sites (N-methyl/N-ethyl adjacent to an activating group) is 2. The Kier molecular flexibility index (Phi) is 3.97. The Bertz CT molecular complexity index is 347. The van der Waals surface area contributed by atoms with Gasteiger partial charge in [-0.1, -0.05) is 18.2 Å². The van der Waals surface area contributed by atoms with Crippen LogP contribution in [0.15, 0.2) is 18.2 Å². The van der Waals surface area contributed by atoms with Crippen molar-refractivity contribution in [2.45, 2.75) is 31.7 Å². The van der Waals surface area contributed by atoms with Gasteiger partial charge in [0, 0.05) is 12.6 Å². The van der Waals surface area contributed by atoms with E-state index in [1.165, 1.54) is 31.2 Å². The molecule has 1 atom stereocenters. The largest absolute Gasteiger partial charge is 0.318 e. The van der Waals surface area contributed by atoms with Gasteiger partial charge in [0.2, 0.25) is 0 Å². The second-order valence-electron chi connectivity index (χ2n) is 4.63. The quantitative estimate of drug-likeness (QED) is 0.808. The molecule has 1 aromatic rings. The van der Waals surface area contributed by atoms with E-state index in [4.69, 9.17) is 0 Å². The van der Waals surface area contributed by atoms with Crippen LogP contribution in [0.3, 0.4) is 0 Å². The highest BCUT2D eigenvalue weighted by Gasteiger charge is 2.13.